The number of carbonyl (C=O) groups excluding carboxylic acids is 1. The number of carbonyl (C=O) groups is 1. The minimum Gasteiger partial charge on any atom is -0.484 e. The molecular formula is C20H26N2O4S. The third-order valence-electron chi connectivity index (χ3n) is 3.76. The quantitative estimate of drug-likeness (QED) is 0.689. The number of benzene rings is 2. The van der Waals surface area contributed by atoms with Gasteiger partial charge in [-0.25, -0.2) is 13.1 Å². The van der Waals surface area contributed by atoms with E-state index in [0.717, 1.165) is 11.1 Å². The van der Waals surface area contributed by atoms with Crippen molar-refractivity contribution in [3.63, 3.8) is 0 Å². The van der Waals surface area contributed by atoms with Gasteiger partial charge in [-0.2, -0.15) is 0 Å². The van der Waals surface area contributed by atoms with Crippen LogP contribution in [0.25, 0.3) is 0 Å². The Morgan fingerprint density at radius 2 is 1.81 bits per heavy atom. The normalized spacial score (nSPS) is 11.4. The van der Waals surface area contributed by atoms with Gasteiger partial charge in [-0.3, -0.25) is 4.79 Å². The summed E-state index contributed by atoms with van der Waals surface area (Å²) in [6.45, 7) is 6.54. The lowest BCUT2D eigenvalue weighted by Gasteiger charge is -2.10. The second-order valence-corrected chi connectivity index (χ2v) is 8.54. The highest BCUT2D eigenvalue weighted by molar-refractivity contribution is 7.89. The maximum atomic E-state index is 12.1. The number of hydrogen-bond acceptors (Lipinski definition) is 4. The van der Waals surface area contributed by atoms with Gasteiger partial charge >= 0.3 is 0 Å². The fourth-order valence-electron chi connectivity index (χ4n) is 2.30. The van der Waals surface area contributed by atoms with Crippen molar-refractivity contribution in [3.05, 3.63) is 59.7 Å². The number of hydrogen-bond donors (Lipinski definition) is 2. The number of rotatable bonds is 9. The summed E-state index contributed by atoms with van der Waals surface area (Å²) in [5.74, 6) is 0.413. The molecule has 0 saturated heterocycles. The van der Waals surface area contributed by atoms with Crippen LogP contribution in [-0.4, -0.2) is 27.5 Å². The van der Waals surface area contributed by atoms with Gasteiger partial charge in [0, 0.05) is 13.1 Å². The van der Waals surface area contributed by atoms with Crippen LogP contribution in [-0.2, 0) is 21.4 Å². The molecule has 0 aromatic heterocycles. The molecule has 6 nitrogen and oxygen atoms in total. The molecule has 0 aliphatic carbocycles. The summed E-state index contributed by atoms with van der Waals surface area (Å²) in [6.07, 6.45) is 0. The van der Waals surface area contributed by atoms with Crippen LogP contribution in [0.5, 0.6) is 5.75 Å². The Balaban J connectivity index is 1.83. The van der Waals surface area contributed by atoms with Crippen LogP contribution in [0.3, 0.4) is 0 Å². The monoisotopic (exact) mass is 390 g/mol. The van der Waals surface area contributed by atoms with E-state index in [2.05, 4.69) is 10.0 Å². The minimum absolute atomic E-state index is 0.135. The molecule has 0 radical (unpaired) electrons. The highest BCUT2D eigenvalue weighted by atomic mass is 32.2. The summed E-state index contributed by atoms with van der Waals surface area (Å²) >= 11 is 0. The molecule has 27 heavy (non-hydrogen) atoms. The van der Waals surface area contributed by atoms with E-state index in [0.29, 0.717) is 18.8 Å². The summed E-state index contributed by atoms with van der Waals surface area (Å²) in [4.78, 5) is 12.1. The third kappa shape index (κ3) is 7.03. The zero-order valence-electron chi connectivity index (χ0n) is 15.9. The van der Waals surface area contributed by atoms with E-state index in [1.807, 2.05) is 45.0 Å². The average molecular weight is 391 g/mol. The Kier molecular flexibility index (Phi) is 7.38. The number of aryl methyl sites for hydroxylation is 1. The molecule has 0 atom stereocenters. The van der Waals surface area contributed by atoms with Crippen LogP contribution in [0, 0.1) is 12.8 Å². The van der Waals surface area contributed by atoms with Gasteiger partial charge in [0.25, 0.3) is 5.91 Å². The highest BCUT2D eigenvalue weighted by Gasteiger charge is 2.14. The van der Waals surface area contributed by atoms with Gasteiger partial charge in [-0.05, 0) is 42.7 Å². The van der Waals surface area contributed by atoms with E-state index < -0.39 is 10.0 Å². The zero-order valence-corrected chi connectivity index (χ0v) is 16.7. The SMILES string of the molecule is Cc1cccc(CNC(=O)COc2ccc(S(=O)(=O)NCC(C)C)cc2)c1. The van der Waals surface area contributed by atoms with Crippen LogP contribution < -0.4 is 14.8 Å². The minimum atomic E-state index is -3.53. The summed E-state index contributed by atoms with van der Waals surface area (Å²) in [6, 6.07) is 13.9. The smallest absolute Gasteiger partial charge is 0.258 e. The standard InChI is InChI=1S/C20H26N2O4S/c1-15(2)12-22-27(24,25)19-9-7-18(8-10-19)26-14-20(23)21-13-17-6-4-5-16(3)11-17/h4-11,15,22H,12-14H2,1-3H3,(H,21,23). The molecule has 0 spiro atoms. The molecule has 0 heterocycles. The number of ether oxygens (including phenoxy) is 1. The molecule has 2 aromatic carbocycles. The first-order valence-corrected chi connectivity index (χ1v) is 10.3. The van der Waals surface area contributed by atoms with E-state index in [1.165, 1.54) is 24.3 Å². The van der Waals surface area contributed by atoms with Crippen LogP contribution in [0.2, 0.25) is 0 Å². The van der Waals surface area contributed by atoms with Crippen LogP contribution in [0.1, 0.15) is 25.0 Å². The molecule has 2 aromatic rings. The van der Waals surface area contributed by atoms with Crippen molar-refractivity contribution < 1.29 is 17.9 Å². The van der Waals surface area contributed by atoms with E-state index in [4.69, 9.17) is 4.74 Å². The first kappa shape index (κ1) is 20.9. The van der Waals surface area contributed by atoms with Crippen molar-refractivity contribution in [2.45, 2.75) is 32.2 Å². The molecule has 0 bridgehead atoms. The molecule has 146 valence electrons. The van der Waals surface area contributed by atoms with Gasteiger partial charge in [0.2, 0.25) is 10.0 Å². The molecular weight excluding hydrogens is 364 g/mol. The Labute approximate surface area is 161 Å². The van der Waals surface area contributed by atoms with Gasteiger partial charge in [-0.15, -0.1) is 0 Å². The summed E-state index contributed by atoms with van der Waals surface area (Å²) < 4.78 is 32.3. The molecule has 0 aliphatic rings. The average Bonchev–Trinajstić information content (AvgIpc) is 2.63. The molecule has 0 saturated carbocycles. The topological polar surface area (TPSA) is 84.5 Å². The summed E-state index contributed by atoms with van der Waals surface area (Å²) in [5.41, 5.74) is 2.16. The van der Waals surface area contributed by atoms with Crippen molar-refractivity contribution in [3.8, 4) is 5.75 Å². The predicted octanol–water partition coefficient (Wildman–Crippen LogP) is 2.62. The van der Waals surface area contributed by atoms with Gasteiger partial charge in [0.05, 0.1) is 4.90 Å². The van der Waals surface area contributed by atoms with Crippen molar-refractivity contribution in [2.75, 3.05) is 13.2 Å². The van der Waals surface area contributed by atoms with Gasteiger partial charge in [-0.1, -0.05) is 43.7 Å². The number of sulfonamides is 1. The largest absolute Gasteiger partial charge is 0.484 e. The van der Waals surface area contributed by atoms with E-state index >= 15 is 0 Å². The molecule has 1 amide bonds. The first-order valence-electron chi connectivity index (χ1n) is 8.81. The predicted molar refractivity (Wildman–Crippen MR) is 105 cm³/mol. The van der Waals surface area contributed by atoms with Crippen LogP contribution >= 0.6 is 0 Å². The number of nitrogens with one attached hydrogen (secondary N) is 2. The molecule has 0 aliphatic heterocycles. The first-order chi connectivity index (χ1) is 12.8. The number of amides is 1. The van der Waals surface area contributed by atoms with Gasteiger partial charge in [0.15, 0.2) is 6.61 Å². The van der Waals surface area contributed by atoms with Gasteiger partial charge < -0.3 is 10.1 Å². The van der Waals surface area contributed by atoms with E-state index in [1.54, 1.807) is 0 Å². The molecule has 2 rings (SSSR count). The zero-order chi connectivity index (χ0) is 19.9. The van der Waals surface area contributed by atoms with Crippen molar-refractivity contribution in [1.82, 2.24) is 10.0 Å². The second-order valence-electron chi connectivity index (χ2n) is 6.77. The lowest BCUT2D eigenvalue weighted by atomic mass is 10.1. The fraction of sp³-hybridized carbons (Fsp3) is 0.350. The Bertz CT molecular complexity index is 862. The molecule has 2 N–H and O–H groups in total. The second kappa shape index (κ2) is 9.53. The fourth-order valence-corrected chi connectivity index (χ4v) is 3.51. The third-order valence-corrected chi connectivity index (χ3v) is 5.20. The molecule has 0 unspecified atom stereocenters. The maximum Gasteiger partial charge on any atom is 0.258 e. The van der Waals surface area contributed by atoms with Gasteiger partial charge in [0.1, 0.15) is 5.75 Å². The summed E-state index contributed by atoms with van der Waals surface area (Å²) in [5, 5.41) is 2.79. The van der Waals surface area contributed by atoms with Crippen molar-refractivity contribution in [2.24, 2.45) is 5.92 Å². The highest BCUT2D eigenvalue weighted by Crippen LogP contribution is 2.16. The van der Waals surface area contributed by atoms with E-state index in [-0.39, 0.29) is 23.3 Å². The van der Waals surface area contributed by atoms with Crippen molar-refractivity contribution in [1.29, 1.82) is 0 Å². The molecule has 0 fully saturated rings. The van der Waals surface area contributed by atoms with Crippen LogP contribution in [0.4, 0.5) is 0 Å². The lowest BCUT2D eigenvalue weighted by molar-refractivity contribution is -0.123. The molecule has 7 heteroatoms. The Morgan fingerprint density at radius 1 is 1.11 bits per heavy atom. The lowest BCUT2D eigenvalue weighted by Crippen LogP contribution is -2.28. The Hall–Kier alpha value is -2.38. The van der Waals surface area contributed by atoms with E-state index in [9.17, 15) is 13.2 Å². The Morgan fingerprint density at radius 3 is 2.44 bits per heavy atom. The van der Waals surface area contributed by atoms with Crippen molar-refractivity contribution >= 4 is 15.9 Å². The maximum absolute atomic E-state index is 12.1. The summed E-state index contributed by atoms with van der Waals surface area (Å²) in [7, 11) is -3.53. The van der Waals surface area contributed by atoms with Crippen LogP contribution in [0.15, 0.2) is 53.4 Å².